The van der Waals surface area contributed by atoms with Crippen molar-refractivity contribution in [3.05, 3.63) is 29.8 Å². The Morgan fingerprint density at radius 2 is 1.77 bits per heavy atom. The van der Waals surface area contributed by atoms with Gasteiger partial charge in [0.1, 0.15) is 0 Å². The van der Waals surface area contributed by atoms with Crippen LogP contribution in [0.4, 0.5) is 10.5 Å². The molecule has 0 unspecified atom stereocenters. The van der Waals surface area contributed by atoms with Crippen LogP contribution in [0.5, 0.6) is 0 Å². The average molecular weight is 359 g/mol. The maximum atomic E-state index is 12.6. The second kappa shape index (κ2) is 9.57. The van der Waals surface area contributed by atoms with Gasteiger partial charge < -0.3 is 20.3 Å². The minimum atomic E-state index is -0.227. The Hall–Kier alpha value is -2.08. The number of nitrogens with zero attached hydrogens (tertiary/aromatic N) is 1. The first kappa shape index (κ1) is 18.7. The SMILES string of the molecule is O=C(NCC[C@@H]1CCCO1)Nc1ccc(C(=O)N2CCCCCC2)cc1. The second-order valence-corrected chi connectivity index (χ2v) is 7.09. The molecule has 3 rings (SSSR count). The Labute approximate surface area is 155 Å². The van der Waals surface area contributed by atoms with Crippen LogP contribution in [-0.4, -0.2) is 49.2 Å². The summed E-state index contributed by atoms with van der Waals surface area (Å²) in [4.78, 5) is 26.5. The van der Waals surface area contributed by atoms with E-state index in [-0.39, 0.29) is 18.0 Å². The molecule has 2 aliphatic rings. The van der Waals surface area contributed by atoms with E-state index < -0.39 is 0 Å². The molecule has 0 saturated carbocycles. The summed E-state index contributed by atoms with van der Waals surface area (Å²) in [5.74, 6) is 0.0828. The Morgan fingerprint density at radius 1 is 1.04 bits per heavy atom. The van der Waals surface area contributed by atoms with Gasteiger partial charge in [-0.15, -0.1) is 0 Å². The minimum Gasteiger partial charge on any atom is -0.378 e. The number of anilines is 1. The lowest BCUT2D eigenvalue weighted by molar-refractivity contribution is 0.0761. The molecule has 2 aliphatic heterocycles. The van der Waals surface area contributed by atoms with Gasteiger partial charge in [-0.3, -0.25) is 4.79 Å². The molecule has 0 bridgehead atoms. The van der Waals surface area contributed by atoms with E-state index in [0.717, 1.165) is 51.8 Å². The van der Waals surface area contributed by atoms with Crippen LogP contribution in [0.1, 0.15) is 55.3 Å². The summed E-state index contributed by atoms with van der Waals surface area (Å²) < 4.78 is 5.54. The van der Waals surface area contributed by atoms with Crippen molar-refractivity contribution < 1.29 is 14.3 Å². The van der Waals surface area contributed by atoms with E-state index in [1.54, 1.807) is 24.3 Å². The van der Waals surface area contributed by atoms with Crippen molar-refractivity contribution in [2.45, 2.75) is 51.0 Å². The Balaban J connectivity index is 1.44. The molecule has 6 heteroatoms. The fourth-order valence-corrected chi connectivity index (χ4v) is 3.55. The number of carbonyl (C=O) groups is 2. The first-order chi connectivity index (χ1) is 12.7. The van der Waals surface area contributed by atoms with Crippen molar-refractivity contribution in [2.24, 2.45) is 0 Å². The summed E-state index contributed by atoms with van der Waals surface area (Å²) in [7, 11) is 0. The molecule has 2 heterocycles. The van der Waals surface area contributed by atoms with Gasteiger partial charge in [0.2, 0.25) is 0 Å². The van der Waals surface area contributed by atoms with Crippen LogP contribution in [-0.2, 0) is 4.74 Å². The fraction of sp³-hybridized carbons (Fsp3) is 0.600. The van der Waals surface area contributed by atoms with Crippen LogP contribution >= 0.6 is 0 Å². The Bertz CT molecular complexity index is 589. The zero-order chi connectivity index (χ0) is 18.2. The van der Waals surface area contributed by atoms with Gasteiger partial charge >= 0.3 is 6.03 Å². The quantitative estimate of drug-likeness (QED) is 0.846. The molecule has 0 aliphatic carbocycles. The van der Waals surface area contributed by atoms with Crippen molar-refractivity contribution in [1.29, 1.82) is 0 Å². The van der Waals surface area contributed by atoms with E-state index in [4.69, 9.17) is 4.74 Å². The first-order valence-electron chi connectivity index (χ1n) is 9.78. The van der Waals surface area contributed by atoms with Crippen molar-refractivity contribution in [2.75, 3.05) is 31.6 Å². The highest BCUT2D eigenvalue weighted by Crippen LogP contribution is 2.16. The number of benzene rings is 1. The zero-order valence-corrected chi connectivity index (χ0v) is 15.3. The van der Waals surface area contributed by atoms with Gasteiger partial charge in [0.05, 0.1) is 6.10 Å². The standard InChI is InChI=1S/C20H29N3O3/c24-19(23-13-3-1-2-4-14-23)16-7-9-17(10-8-16)22-20(25)21-12-11-18-6-5-15-26-18/h7-10,18H,1-6,11-15H2,(H2,21,22,25)/t18-/m0/s1. The lowest BCUT2D eigenvalue weighted by atomic mass is 10.1. The van der Waals surface area contributed by atoms with Crippen LogP contribution in [0.25, 0.3) is 0 Å². The number of likely N-dealkylation sites (tertiary alicyclic amines) is 1. The normalized spacial score (nSPS) is 20.5. The van der Waals surface area contributed by atoms with Gasteiger partial charge in [-0.25, -0.2) is 4.79 Å². The molecular weight excluding hydrogens is 330 g/mol. The van der Waals surface area contributed by atoms with Crippen LogP contribution < -0.4 is 10.6 Å². The molecule has 6 nitrogen and oxygen atoms in total. The number of ether oxygens (including phenoxy) is 1. The number of hydrogen-bond donors (Lipinski definition) is 2. The van der Waals surface area contributed by atoms with E-state index in [0.29, 0.717) is 17.8 Å². The summed E-state index contributed by atoms with van der Waals surface area (Å²) in [6, 6.07) is 6.91. The van der Waals surface area contributed by atoms with Crippen LogP contribution in [0.3, 0.4) is 0 Å². The van der Waals surface area contributed by atoms with E-state index in [1.807, 2.05) is 4.90 Å². The summed E-state index contributed by atoms with van der Waals surface area (Å²) in [6.45, 7) is 3.11. The number of rotatable bonds is 5. The molecule has 1 aromatic carbocycles. The number of amides is 3. The number of nitrogens with one attached hydrogen (secondary N) is 2. The van der Waals surface area contributed by atoms with E-state index in [1.165, 1.54) is 12.8 Å². The van der Waals surface area contributed by atoms with Crippen molar-refractivity contribution in [1.82, 2.24) is 10.2 Å². The second-order valence-electron chi connectivity index (χ2n) is 7.09. The molecular formula is C20H29N3O3. The van der Waals surface area contributed by atoms with Crippen molar-refractivity contribution in [3.8, 4) is 0 Å². The smallest absolute Gasteiger partial charge is 0.319 e. The predicted molar refractivity (Wildman–Crippen MR) is 101 cm³/mol. The Kier molecular flexibility index (Phi) is 6.89. The summed E-state index contributed by atoms with van der Waals surface area (Å²) >= 11 is 0. The molecule has 1 atom stereocenters. The van der Waals surface area contributed by atoms with Gasteiger partial charge in [0, 0.05) is 37.5 Å². The third kappa shape index (κ3) is 5.46. The topological polar surface area (TPSA) is 70.7 Å². The van der Waals surface area contributed by atoms with Gasteiger partial charge in [-0.05, 0) is 56.4 Å². The predicted octanol–water partition coefficient (Wildman–Crippen LogP) is 3.39. The number of urea groups is 1. The van der Waals surface area contributed by atoms with Crippen molar-refractivity contribution in [3.63, 3.8) is 0 Å². The first-order valence-corrected chi connectivity index (χ1v) is 9.78. The molecule has 0 radical (unpaired) electrons. The summed E-state index contributed by atoms with van der Waals surface area (Å²) in [5.41, 5.74) is 1.36. The van der Waals surface area contributed by atoms with E-state index in [2.05, 4.69) is 10.6 Å². The molecule has 0 aromatic heterocycles. The summed E-state index contributed by atoms with van der Waals surface area (Å²) in [6.07, 6.45) is 7.88. The van der Waals surface area contributed by atoms with Crippen molar-refractivity contribution >= 4 is 17.6 Å². The largest absolute Gasteiger partial charge is 0.378 e. The third-order valence-corrected chi connectivity index (χ3v) is 5.06. The molecule has 3 amide bonds. The lowest BCUT2D eigenvalue weighted by Gasteiger charge is -2.20. The van der Waals surface area contributed by atoms with E-state index in [9.17, 15) is 9.59 Å². The highest BCUT2D eigenvalue weighted by atomic mass is 16.5. The molecule has 2 fully saturated rings. The molecule has 142 valence electrons. The maximum absolute atomic E-state index is 12.6. The third-order valence-electron chi connectivity index (χ3n) is 5.06. The van der Waals surface area contributed by atoms with Gasteiger partial charge in [-0.1, -0.05) is 12.8 Å². The number of carbonyl (C=O) groups excluding carboxylic acids is 2. The minimum absolute atomic E-state index is 0.0828. The van der Waals surface area contributed by atoms with Gasteiger partial charge in [0.15, 0.2) is 0 Å². The van der Waals surface area contributed by atoms with E-state index >= 15 is 0 Å². The highest BCUT2D eigenvalue weighted by Gasteiger charge is 2.17. The molecule has 26 heavy (non-hydrogen) atoms. The monoisotopic (exact) mass is 359 g/mol. The van der Waals surface area contributed by atoms with Crippen LogP contribution in [0, 0.1) is 0 Å². The molecule has 0 spiro atoms. The average Bonchev–Trinajstić information content (AvgIpc) is 3.02. The number of hydrogen-bond acceptors (Lipinski definition) is 3. The lowest BCUT2D eigenvalue weighted by Crippen LogP contribution is -2.32. The van der Waals surface area contributed by atoms with Crippen LogP contribution in [0.15, 0.2) is 24.3 Å². The summed E-state index contributed by atoms with van der Waals surface area (Å²) in [5, 5.41) is 5.66. The molecule has 2 saturated heterocycles. The van der Waals surface area contributed by atoms with Gasteiger partial charge in [0.25, 0.3) is 5.91 Å². The fourth-order valence-electron chi connectivity index (χ4n) is 3.55. The molecule has 1 aromatic rings. The molecule has 2 N–H and O–H groups in total. The van der Waals surface area contributed by atoms with Crippen LogP contribution in [0.2, 0.25) is 0 Å². The van der Waals surface area contributed by atoms with Gasteiger partial charge in [-0.2, -0.15) is 0 Å². The maximum Gasteiger partial charge on any atom is 0.319 e. The Morgan fingerprint density at radius 3 is 2.42 bits per heavy atom. The highest BCUT2D eigenvalue weighted by molar-refractivity contribution is 5.95. The zero-order valence-electron chi connectivity index (χ0n) is 15.3.